The maximum atomic E-state index is 2.73. The van der Waals surface area contributed by atoms with Crippen LogP contribution < -0.4 is 0 Å². The van der Waals surface area contributed by atoms with Crippen molar-refractivity contribution in [3.05, 3.63) is 35.9 Å². The molecule has 70 valence electrons. The molecule has 4 aliphatic rings. The van der Waals surface area contributed by atoms with Gasteiger partial charge in [-0.1, -0.05) is 30.3 Å². The third-order valence-corrected chi connectivity index (χ3v) is 5.31. The van der Waals surface area contributed by atoms with Crippen molar-refractivity contribution in [2.24, 2.45) is 11.8 Å². The SMILES string of the molecule is c1ccc(C23CN4C5CC2C3C54)cc1. The van der Waals surface area contributed by atoms with E-state index in [9.17, 15) is 0 Å². The molecule has 0 radical (unpaired) electrons. The molecule has 1 aromatic carbocycles. The Labute approximate surface area is 83.7 Å². The smallest absolute Gasteiger partial charge is 0.0296 e. The number of piperidine rings is 4. The van der Waals surface area contributed by atoms with Gasteiger partial charge < -0.3 is 0 Å². The van der Waals surface area contributed by atoms with Crippen molar-refractivity contribution >= 4 is 0 Å². The zero-order valence-electron chi connectivity index (χ0n) is 8.06. The second-order valence-corrected chi connectivity index (χ2v) is 5.50. The van der Waals surface area contributed by atoms with Gasteiger partial charge in [0.25, 0.3) is 0 Å². The molecule has 5 rings (SSSR count). The zero-order valence-corrected chi connectivity index (χ0v) is 8.06. The van der Waals surface area contributed by atoms with E-state index in [1.165, 1.54) is 13.0 Å². The lowest BCUT2D eigenvalue weighted by molar-refractivity contribution is 0.357. The number of rotatable bonds is 1. The normalized spacial score (nSPS) is 59.9. The van der Waals surface area contributed by atoms with Gasteiger partial charge in [-0.05, 0) is 23.8 Å². The minimum Gasteiger partial charge on any atom is -0.293 e. The van der Waals surface area contributed by atoms with Gasteiger partial charge in [-0.2, -0.15) is 0 Å². The van der Waals surface area contributed by atoms with Gasteiger partial charge in [0.15, 0.2) is 0 Å². The largest absolute Gasteiger partial charge is 0.293 e. The van der Waals surface area contributed by atoms with Crippen LogP contribution in [-0.4, -0.2) is 23.5 Å². The third-order valence-electron chi connectivity index (χ3n) is 5.31. The molecule has 6 unspecified atom stereocenters. The van der Waals surface area contributed by atoms with E-state index in [-0.39, 0.29) is 0 Å². The van der Waals surface area contributed by atoms with Crippen LogP contribution in [0.15, 0.2) is 30.3 Å². The Bertz CT molecular complexity index is 426. The lowest BCUT2D eigenvalue weighted by atomic mass is 9.87. The Morgan fingerprint density at radius 1 is 1.21 bits per heavy atom. The Hall–Kier alpha value is -0.820. The summed E-state index contributed by atoms with van der Waals surface area (Å²) in [5.74, 6) is 2.11. The topological polar surface area (TPSA) is 3.01 Å². The summed E-state index contributed by atoms with van der Waals surface area (Å²) in [5.41, 5.74) is 2.25. The number of hydrogen-bond acceptors (Lipinski definition) is 1. The highest BCUT2D eigenvalue weighted by molar-refractivity contribution is 5.49. The van der Waals surface area contributed by atoms with E-state index in [0.717, 1.165) is 23.9 Å². The standard InChI is InChI=1S/C13H13N/c1-2-4-8(5-3-1)13-7-14-10-6-9(13)11(13)12(10)14/h1-5,9-12H,6-7H2. The average molecular weight is 183 g/mol. The molecule has 2 aliphatic heterocycles. The zero-order chi connectivity index (χ0) is 8.91. The van der Waals surface area contributed by atoms with Gasteiger partial charge in [0.2, 0.25) is 0 Å². The van der Waals surface area contributed by atoms with Gasteiger partial charge in [-0.3, -0.25) is 4.90 Å². The van der Waals surface area contributed by atoms with Crippen molar-refractivity contribution < 1.29 is 0 Å². The molecule has 1 aromatic rings. The molecule has 1 heteroatoms. The summed E-state index contributed by atoms with van der Waals surface area (Å²) in [6.07, 6.45) is 1.50. The second kappa shape index (κ2) is 1.67. The molecule has 4 fully saturated rings. The van der Waals surface area contributed by atoms with Crippen LogP contribution in [0.25, 0.3) is 0 Å². The molecule has 2 saturated carbocycles. The maximum absolute atomic E-state index is 2.73. The van der Waals surface area contributed by atoms with Gasteiger partial charge >= 0.3 is 0 Å². The van der Waals surface area contributed by atoms with Crippen LogP contribution in [0.1, 0.15) is 12.0 Å². The predicted octanol–water partition coefficient (Wildman–Crippen LogP) is 1.64. The highest BCUT2D eigenvalue weighted by Gasteiger charge is 2.86. The monoisotopic (exact) mass is 183 g/mol. The second-order valence-electron chi connectivity index (χ2n) is 5.50. The Balaban J connectivity index is 1.69. The quantitative estimate of drug-likeness (QED) is 0.598. The highest BCUT2D eigenvalue weighted by Crippen LogP contribution is 2.80. The molecule has 6 atom stereocenters. The minimum atomic E-state index is 0.626. The minimum absolute atomic E-state index is 0.626. The first-order chi connectivity index (χ1) is 6.93. The molecule has 2 aliphatic carbocycles. The van der Waals surface area contributed by atoms with Crippen LogP contribution in [-0.2, 0) is 5.41 Å². The van der Waals surface area contributed by atoms with E-state index in [1.54, 1.807) is 5.56 Å². The molecular weight excluding hydrogens is 170 g/mol. The fourth-order valence-corrected chi connectivity index (χ4v) is 4.78. The van der Waals surface area contributed by atoms with Crippen LogP contribution in [0.3, 0.4) is 0 Å². The van der Waals surface area contributed by atoms with Crippen LogP contribution in [0, 0.1) is 11.8 Å². The molecule has 2 saturated heterocycles. The number of benzene rings is 1. The van der Waals surface area contributed by atoms with E-state index in [2.05, 4.69) is 35.2 Å². The average Bonchev–Trinajstić information content (AvgIpc) is 3.02. The van der Waals surface area contributed by atoms with Crippen LogP contribution in [0.2, 0.25) is 0 Å². The molecule has 0 spiro atoms. The third kappa shape index (κ3) is 0.460. The molecule has 0 amide bonds. The predicted molar refractivity (Wildman–Crippen MR) is 54.0 cm³/mol. The molecule has 14 heavy (non-hydrogen) atoms. The van der Waals surface area contributed by atoms with Gasteiger partial charge in [0.1, 0.15) is 0 Å². The molecule has 0 N–H and O–H groups in total. The summed E-state index contributed by atoms with van der Waals surface area (Å²) in [7, 11) is 0. The summed E-state index contributed by atoms with van der Waals surface area (Å²) in [5, 5.41) is 0. The van der Waals surface area contributed by atoms with Crippen molar-refractivity contribution in [1.29, 1.82) is 0 Å². The lowest BCUT2D eigenvalue weighted by Crippen LogP contribution is -2.27. The van der Waals surface area contributed by atoms with Gasteiger partial charge in [-0.25, -0.2) is 0 Å². The van der Waals surface area contributed by atoms with Crippen molar-refractivity contribution in [3.8, 4) is 0 Å². The summed E-state index contributed by atoms with van der Waals surface area (Å²) < 4.78 is 0. The first-order valence-corrected chi connectivity index (χ1v) is 5.74. The van der Waals surface area contributed by atoms with Crippen molar-refractivity contribution in [3.63, 3.8) is 0 Å². The summed E-state index contributed by atoms with van der Waals surface area (Å²) in [6, 6.07) is 13.3. The molecule has 0 aromatic heterocycles. The Kier molecular flexibility index (Phi) is 0.791. The Morgan fingerprint density at radius 3 is 2.64 bits per heavy atom. The number of hydrogen-bond donors (Lipinski definition) is 0. The molecular formula is C13H13N. The van der Waals surface area contributed by atoms with E-state index < -0.39 is 0 Å². The van der Waals surface area contributed by atoms with E-state index in [0.29, 0.717) is 5.41 Å². The first kappa shape index (κ1) is 6.62. The summed E-state index contributed by atoms with van der Waals surface area (Å²) >= 11 is 0. The maximum Gasteiger partial charge on any atom is 0.0296 e. The van der Waals surface area contributed by atoms with Crippen LogP contribution in [0.5, 0.6) is 0 Å². The molecule has 1 nitrogen and oxygen atoms in total. The number of nitrogens with zero attached hydrogens (tertiary/aromatic N) is 1. The molecule has 0 bridgehead atoms. The van der Waals surface area contributed by atoms with Gasteiger partial charge in [0, 0.05) is 24.0 Å². The van der Waals surface area contributed by atoms with Crippen LogP contribution >= 0.6 is 0 Å². The van der Waals surface area contributed by atoms with Crippen LogP contribution in [0.4, 0.5) is 0 Å². The van der Waals surface area contributed by atoms with E-state index >= 15 is 0 Å². The van der Waals surface area contributed by atoms with E-state index in [4.69, 9.17) is 0 Å². The molecule has 2 heterocycles. The van der Waals surface area contributed by atoms with E-state index in [1.807, 2.05) is 0 Å². The van der Waals surface area contributed by atoms with Crippen molar-refractivity contribution in [2.75, 3.05) is 6.54 Å². The van der Waals surface area contributed by atoms with Crippen molar-refractivity contribution in [1.82, 2.24) is 4.90 Å². The van der Waals surface area contributed by atoms with Crippen molar-refractivity contribution in [2.45, 2.75) is 23.9 Å². The van der Waals surface area contributed by atoms with Gasteiger partial charge in [-0.15, -0.1) is 0 Å². The highest BCUT2D eigenvalue weighted by atomic mass is 15.4. The fraction of sp³-hybridized carbons (Fsp3) is 0.538. The lowest BCUT2D eigenvalue weighted by Gasteiger charge is -2.22. The number of fused-ring (bicyclic) bond motifs is 2. The fourth-order valence-electron chi connectivity index (χ4n) is 4.78. The summed E-state index contributed by atoms with van der Waals surface area (Å²) in [6.45, 7) is 1.38. The first-order valence-electron chi connectivity index (χ1n) is 5.74. The van der Waals surface area contributed by atoms with Gasteiger partial charge in [0.05, 0.1) is 0 Å². The Morgan fingerprint density at radius 2 is 2.07 bits per heavy atom. The summed E-state index contributed by atoms with van der Waals surface area (Å²) in [4.78, 5) is 2.73.